The van der Waals surface area contributed by atoms with Crippen LogP contribution in [0.25, 0.3) is 0 Å². The van der Waals surface area contributed by atoms with Gasteiger partial charge in [0.2, 0.25) is 5.60 Å². The molecule has 1 fully saturated rings. The van der Waals surface area contributed by atoms with E-state index in [-0.39, 0.29) is 0 Å². The fourth-order valence-corrected chi connectivity index (χ4v) is 4.94. The van der Waals surface area contributed by atoms with Gasteiger partial charge in [-0.15, -0.1) is 0 Å². The summed E-state index contributed by atoms with van der Waals surface area (Å²) in [6, 6.07) is 10.8. The van der Waals surface area contributed by atoms with Crippen LogP contribution in [0.1, 0.15) is 41.5 Å². The van der Waals surface area contributed by atoms with Gasteiger partial charge in [-0.1, -0.05) is 18.2 Å². The number of carbonyl (C=O) groups excluding carboxylic acids is 1. The molecule has 2 atom stereocenters. The number of rotatable bonds is 6. The smallest absolute Gasteiger partial charge is 0.349 e. The number of fused-ring (bicyclic) bond motifs is 2. The van der Waals surface area contributed by atoms with Crippen molar-refractivity contribution < 1.29 is 24.1 Å². The van der Waals surface area contributed by atoms with Gasteiger partial charge < -0.3 is 19.3 Å². The van der Waals surface area contributed by atoms with Gasteiger partial charge in [0.1, 0.15) is 11.5 Å². The molecule has 0 spiro atoms. The van der Waals surface area contributed by atoms with E-state index in [0.29, 0.717) is 35.1 Å². The molecule has 32 heavy (non-hydrogen) atoms. The topological polar surface area (TPSA) is 68.2 Å². The highest BCUT2D eigenvalue weighted by atomic mass is 16.6. The number of methoxy groups -OCH3 is 2. The van der Waals surface area contributed by atoms with Crippen LogP contribution in [0.5, 0.6) is 11.5 Å². The summed E-state index contributed by atoms with van der Waals surface area (Å²) >= 11 is 0. The second-order valence-electron chi connectivity index (χ2n) is 8.76. The van der Waals surface area contributed by atoms with Crippen LogP contribution in [0, 0.1) is 13.8 Å². The maximum absolute atomic E-state index is 13.8. The lowest BCUT2D eigenvalue weighted by atomic mass is 9.84. The van der Waals surface area contributed by atoms with Gasteiger partial charge in [0.05, 0.1) is 14.2 Å². The van der Waals surface area contributed by atoms with Gasteiger partial charge in [0.25, 0.3) is 0 Å². The van der Waals surface area contributed by atoms with Crippen LogP contribution >= 0.6 is 0 Å². The number of ether oxygens (including phenoxy) is 3. The lowest BCUT2D eigenvalue weighted by Crippen LogP contribution is -2.52. The van der Waals surface area contributed by atoms with Gasteiger partial charge in [-0.05, 0) is 86.3 Å². The van der Waals surface area contributed by atoms with Gasteiger partial charge in [-0.25, -0.2) is 4.79 Å². The summed E-state index contributed by atoms with van der Waals surface area (Å²) in [5.74, 6) is 0.663. The van der Waals surface area contributed by atoms with Crippen LogP contribution in [0.4, 0.5) is 0 Å². The van der Waals surface area contributed by atoms with Crippen molar-refractivity contribution in [2.45, 2.75) is 50.5 Å². The highest BCUT2D eigenvalue weighted by Gasteiger charge is 2.51. The van der Waals surface area contributed by atoms with E-state index in [2.05, 4.69) is 11.0 Å². The number of likely N-dealkylation sites (N-methyl/N-ethyl adjacent to an activating group) is 1. The Labute approximate surface area is 189 Å². The van der Waals surface area contributed by atoms with E-state index in [9.17, 15) is 9.90 Å². The largest absolute Gasteiger partial charge is 0.496 e. The molecule has 0 aliphatic carbocycles. The predicted molar refractivity (Wildman–Crippen MR) is 122 cm³/mol. The molecule has 2 aromatic rings. The van der Waals surface area contributed by atoms with Gasteiger partial charge in [-0.3, -0.25) is 4.90 Å². The molecule has 0 radical (unpaired) electrons. The maximum Gasteiger partial charge on any atom is 0.349 e. The molecule has 4 rings (SSSR count). The van der Waals surface area contributed by atoms with E-state index in [1.165, 1.54) is 0 Å². The first-order chi connectivity index (χ1) is 15.2. The Balaban J connectivity index is 1.81. The van der Waals surface area contributed by atoms with Crippen molar-refractivity contribution in [3.8, 4) is 11.5 Å². The van der Waals surface area contributed by atoms with Crippen molar-refractivity contribution in [3.05, 3.63) is 70.8 Å². The van der Waals surface area contributed by atoms with E-state index < -0.39 is 17.3 Å². The third-order valence-electron chi connectivity index (χ3n) is 6.96. The highest BCUT2D eigenvalue weighted by molar-refractivity contribution is 5.86. The number of hydrogen-bond donors (Lipinski definition) is 1. The molecule has 2 bridgehead atoms. The summed E-state index contributed by atoms with van der Waals surface area (Å²) < 4.78 is 16.9. The zero-order chi connectivity index (χ0) is 23.1. The molecule has 6 heteroatoms. The molecule has 0 amide bonds. The predicted octanol–water partition coefficient (Wildman–Crippen LogP) is 3.85. The standard InChI is InChI=1S/C26H31NO5/c1-17-15-19(8-10-22(17)30-4)26(29,20-9-11-23(31-5)18(2)16-20)24(28)32-25-13-6-7-21(12-14-25)27(25)3/h6,8-11,13,15-16,21,29H,7,12,14H2,1-5H3/t21-,25-/m1/s1. The lowest BCUT2D eigenvalue weighted by molar-refractivity contribution is -0.187. The molecule has 0 unspecified atom stereocenters. The van der Waals surface area contributed by atoms with Gasteiger partial charge in [0.15, 0.2) is 5.72 Å². The van der Waals surface area contributed by atoms with Crippen LogP contribution < -0.4 is 9.47 Å². The molecule has 170 valence electrons. The molecule has 2 aliphatic heterocycles. The molecule has 0 aromatic heterocycles. The minimum Gasteiger partial charge on any atom is -0.496 e. The quantitative estimate of drug-likeness (QED) is 0.547. The Morgan fingerprint density at radius 1 is 1.06 bits per heavy atom. The molecule has 2 aliphatic rings. The zero-order valence-corrected chi connectivity index (χ0v) is 19.3. The van der Waals surface area contributed by atoms with E-state index in [4.69, 9.17) is 14.2 Å². The lowest BCUT2D eigenvalue weighted by Gasteiger charge is -2.40. The Morgan fingerprint density at radius 2 is 1.62 bits per heavy atom. The summed E-state index contributed by atoms with van der Waals surface area (Å²) in [6.45, 7) is 3.76. The third-order valence-corrected chi connectivity index (χ3v) is 6.96. The molecule has 0 saturated carbocycles. The van der Waals surface area contributed by atoms with E-state index in [1.54, 1.807) is 50.6 Å². The Kier molecular flexibility index (Phi) is 5.77. The van der Waals surface area contributed by atoms with Crippen LogP contribution in [0.15, 0.2) is 48.6 Å². The normalized spacial score (nSPS) is 22.6. The highest BCUT2D eigenvalue weighted by Crippen LogP contribution is 2.43. The van der Waals surface area contributed by atoms with Gasteiger partial charge in [0, 0.05) is 12.5 Å². The molecule has 2 aromatic carbocycles. The molecule has 1 saturated heterocycles. The van der Waals surface area contributed by atoms with Crippen molar-refractivity contribution >= 4 is 5.97 Å². The summed E-state index contributed by atoms with van der Waals surface area (Å²) in [6.07, 6.45) is 6.61. The van der Waals surface area contributed by atoms with Crippen molar-refractivity contribution in [1.29, 1.82) is 0 Å². The summed E-state index contributed by atoms with van der Waals surface area (Å²) in [5, 5.41) is 12.0. The first-order valence-electron chi connectivity index (χ1n) is 10.9. The molecular weight excluding hydrogens is 406 g/mol. The second kappa shape index (κ2) is 8.26. The van der Waals surface area contributed by atoms with Crippen molar-refractivity contribution in [2.24, 2.45) is 0 Å². The second-order valence-corrected chi connectivity index (χ2v) is 8.76. The van der Waals surface area contributed by atoms with Crippen LogP contribution in [-0.2, 0) is 15.1 Å². The van der Waals surface area contributed by atoms with E-state index >= 15 is 0 Å². The number of benzene rings is 2. The number of hydrogen-bond acceptors (Lipinski definition) is 6. The number of aliphatic hydroxyl groups is 1. The first-order valence-corrected chi connectivity index (χ1v) is 10.9. The number of carbonyl (C=O) groups is 1. The summed E-state index contributed by atoms with van der Waals surface area (Å²) in [5.41, 5.74) is -0.340. The van der Waals surface area contributed by atoms with Crippen LogP contribution in [-0.4, -0.2) is 49.0 Å². The van der Waals surface area contributed by atoms with Crippen LogP contribution in [0.3, 0.4) is 0 Å². The van der Waals surface area contributed by atoms with Gasteiger partial charge >= 0.3 is 5.97 Å². The average molecular weight is 438 g/mol. The van der Waals surface area contributed by atoms with Crippen molar-refractivity contribution in [1.82, 2.24) is 4.90 Å². The number of esters is 1. The molecular formula is C26H31NO5. The maximum atomic E-state index is 13.8. The van der Waals surface area contributed by atoms with E-state index in [1.807, 2.05) is 27.0 Å². The summed E-state index contributed by atoms with van der Waals surface area (Å²) in [7, 11) is 5.16. The number of nitrogens with zero attached hydrogens (tertiary/aromatic N) is 1. The first kappa shape index (κ1) is 22.4. The fraction of sp³-hybridized carbons (Fsp3) is 0.423. The Bertz CT molecular complexity index is 1010. The average Bonchev–Trinajstić information content (AvgIpc) is 2.95. The van der Waals surface area contributed by atoms with Crippen molar-refractivity contribution in [2.75, 3.05) is 21.3 Å². The zero-order valence-electron chi connectivity index (χ0n) is 19.3. The molecule has 6 nitrogen and oxygen atoms in total. The minimum absolute atomic E-state index is 0.340. The van der Waals surface area contributed by atoms with Crippen LogP contribution in [0.2, 0.25) is 0 Å². The molecule has 1 N–H and O–H groups in total. The fourth-order valence-electron chi connectivity index (χ4n) is 4.94. The Hall–Kier alpha value is -2.83. The van der Waals surface area contributed by atoms with Gasteiger partial charge in [-0.2, -0.15) is 0 Å². The number of aryl methyl sites for hydroxylation is 2. The van der Waals surface area contributed by atoms with Crippen molar-refractivity contribution in [3.63, 3.8) is 0 Å². The van der Waals surface area contributed by atoms with E-state index in [0.717, 1.165) is 24.0 Å². The Morgan fingerprint density at radius 3 is 2.12 bits per heavy atom. The monoisotopic (exact) mass is 437 g/mol. The molecule has 2 heterocycles. The summed E-state index contributed by atoms with van der Waals surface area (Å²) in [4.78, 5) is 15.9. The third kappa shape index (κ3) is 3.48. The SMILES string of the molecule is COc1ccc(C(O)(C(=O)O[C@]23C=CC[C@H](CC2)N3C)c2ccc(OC)c(C)c2)cc1C. The minimum atomic E-state index is -1.99.